The lowest BCUT2D eigenvalue weighted by atomic mass is 10.2. The number of furan rings is 1. The topological polar surface area (TPSA) is 76.3 Å². The molecule has 3 aromatic rings. The predicted molar refractivity (Wildman–Crippen MR) is 83.7 cm³/mol. The van der Waals surface area contributed by atoms with Crippen molar-refractivity contribution in [3.05, 3.63) is 60.2 Å². The second-order valence-corrected chi connectivity index (χ2v) is 5.52. The van der Waals surface area contributed by atoms with E-state index < -0.39 is 6.04 Å². The molecular weight excluding hydrogens is 294 g/mol. The number of carbonyl (C=O) groups is 2. The Morgan fingerprint density at radius 2 is 2.17 bits per heavy atom. The number of hydrogen-bond acceptors (Lipinski definition) is 3. The van der Waals surface area contributed by atoms with E-state index in [1.807, 2.05) is 34.9 Å². The zero-order chi connectivity index (χ0) is 15.8. The van der Waals surface area contributed by atoms with E-state index in [9.17, 15) is 9.59 Å². The minimum absolute atomic E-state index is 0.224. The van der Waals surface area contributed by atoms with Crippen molar-refractivity contribution in [1.29, 1.82) is 0 Å². The summed E-state index contributed by atoms with van der Waals surface area (Å²) in [4.78, 5) is 24.6. The zero-order valence-electron chi connectivity index (χ0n) is 12.3. The van der Waals surface area contributed by atoms with Gasteiger partial charge < -0.3 is 19.6 Å². The van der Waals surface area contributed by atoms with Crippen molar-refractivity contribution in [3.63, 3.8) is 0 Å². The molecule has 4 rings (SSSR count). The Balaban J connectivity index is 1.56. The minimum Gasteiger partial charge on any atom is -0.467 e. The summed E-state index contributed by atoms with van der Waals surface area (Å²) in [6.07, 6.45) is 1.56. The first-order valence-electron chi connectivity index (χ1n) is 7.41. The SMILES string of the molecule is O=C1N[C@H](C(=O)NCc2ccco2)Cn2c1cc1ccccc12. The molecule has 23 heavy (non-hydrogen) atoms. The second kappa shape index (κ2) is 5.31. The van der Waals surface area contributed by atoms with Crippen molar-refractivity contribution in [2.45, 2.75) is 19.1 Å². The molecule has 1 aliphatic heterocycles. The molecule has 116 valence electrons. The van der Waals surface area contributed by atoms with Gasteiger partial charge in [-0.3, -0.25) is 9.59 Å². The van der Waals surface area contributed by atoms with Crippen molar-refractivity contribution >= 4 is 22.7 Å². The van der Waals surface area contributed by atoms with Crippen LogP contribution in [0.15, 0.2) is 53.1 Å². The molecule has 2 amide bonds. The van der Waals surface area contributed by atoms with Crippen LogP contribution in [0.2, 0.25) is 0 Å². The molecule has 6 heteroatoms. The van der Waals surface area contributed by atoms with Gasteiger partial charge in [0.05, 0.1) is 19.4 Å². The van der Waals surface area contributed by atoms with Gasteiger partial charge in [0, 0.05) is 10.9 Å². The Kier molecular flexibility index (Phi) is 3.15. The molecule has 0 saturated carbocycles. The van der Waals surface area contributed by atoms with Gasteiger partial charge in [-0.15, -0.1) is 0 Å². The Morgan fingerprint density at radius 3 is 3.00 bits per heavy atom. The van der Waals surface area contributed by atoms with Gasteiger partial charge in [0.1, 0.15) is 17.5 Å². The van der Waals surface area contributed by atoms with Crippen LogP contribution in [0.4, 0.5) is 0 Å². The van der Waals surface area contributed by atoms with E-state index in [1.54, 1.807) is 18.4 Å². The van der Waals surface area contributed by atoms with E-state index >= 15 is 0 Å². The van der Waals surface area contributed by atoms with Crippen molar-refractivity contribution in [1.82, 2.24) is 15.2 Å². The minimum atomic E-state index is -0.597. The fourth-order valence-electron chi connectivity index (χ4n) is 2.91. The molecular formula is C17H15N3O3. The van der Waals surface area contributed by atoms with Gasteiger partial charge in [0.15, 0.2) is 0 Å². The highest BCUT2D eigenvalue weighted by atomic mass is 16.3. The number of para-hydroxylation sites is 1. The molecule has 1 aromatic carbocycles. The monoisotopic (exact) mass is 309 g/mol. The third kappa shape index (κ3) is 2.38. The molecule has 3 heterocycles. The fraction of sp³-hybridized carbons (Fsp3) is 0.176. The number of carbonyl (C=O) groups excluding carboxylic acids is 2. The Hall–Kier alpha value is -3.02. The highest BCUT2D eigenvalue weighted by Gasteiger charge is 2.30. The second-order valence-electron chi connectivity index (χ2n) is 5.52. The largest absolute Gasteiger partial charge is 0.467 e. The predicted octanol–water partition coefficient (Wildman–Crippen LogP) is 1.66. The average molecular weight is 309 g/mol. The molecule has 6 nitrogen and oxygen atoms in total. The Labute approximate surface area is 132 Å². The van der Waals surface area contributed by atoms with E-state index in [0.717, 1.165) is 10.9 Å². The summed E-state index contributed by atoms with van der Waals surface area (Å²) in [5.74, 6) is 0.219. The number of rotatable bonds is 3. The zero-order valence-corrected chi connectivity index (χ0v) is 12.3. The molecule has 0 aliphatic carbocycles. The molecule has 0 bridgehead atoms. The molecule has 1 atom stereocenters. The van der Waals surface area contributed by atoms with Gasteiger partial charge in [-0.25, -0.2) is 0 Å². The van der Waals surface area contributed by atoms with Gasteiger partial charge in [-0.1, -0.05) is 18.2 Å². The van der Waals surface area contributed by atoms with Gasteiger partial charge in [-0.2, -0.15) is 0 Å². The number of fused-ring (bicyclic) bond motifs is 3. The van der Waals surface area contributed by atoms with E-state index in [4.69, 9.17) is 4.42 Å². The Bertz CT molecular complexity index is 880. The molecule has 0 saturated heterocycles. The summed E-state index contributed by atoms with van der Waals surface area (Å²) < 4.78 is 7.08. The van der Waals surface area contributed by atoms with Gasteiger partial charge in [-0.05, 0) is 24.3 Å². The van der Waals surface area contributed by atoms with Crippen LogP contribution >= 0.6 is 0 Å². The van der Waals surface area contributed by atoms with Crippen LogP contribution in [-0.2, 0) is 17.9 Å². The number of amides is 2. The molecule has 1 aliphatic rings. The van der Waals surface area contributed by atoms with E-state index in [1.165, 1.54) is 0 Å². The quantitative estimate of drug-likeness (QED) is 0.772. The van der Waals surface area contributed by atoms with E-state index in [-0.39, 0.29) is 11.8 Å². The summed E-state index contributed by atoms with van der Waals surface area (Å²) in [5, 5.41) is 6.54. The van der Waals surface area contributed by atoms with Crippen molar-refractivity contribution in [2.75, 3.05) is 0 Å². The number of nitrogens with zero attached hydrogens (tertiary/aromatic N) is 1. The summed E-state index contributed by atoms with van der Waals surface area (Å²) in [6.45, 7) is 0.718. The van der Waals surface area contributed by atoms with Crippen LogP contribution in [0.5, 0.6) is 0 Å². The molecule has 0 spiro atoms. The Morgan fingerprint density at radius 1 is 1.30 bits per heavy atom. The van der Waals surface area contributed by atoms with Crippen LogP contribution in [0.1, 0.15) is 16.2 Å². The first kappa shape index (κ1) is 13.6. The smallest absolute Gasteiger partial charge is 0.268 e. The maximum absolute atomic E-state index is 12.3. The number of nitrogens with one attached hydrogen (secondary N) is 2. The van der Waals surface area contributed by atoms with Gasteiger partial charge in [0.2, 0.25) is 5.91 Å². The summed E-state index contributed by atoms with van der Waals surface area (Å²) in [6, 6.07) is 12.6. The van der Waals surface area contributed by atoms with Crippen LogP contribution < -0.4 is 10.6 Å². The molecule has 2 N–H and O–H groups in total. The summed E-state index contributed by atoms with van der Waals surface area (Å²) in [7, 11) is 0. The first-order chi connectivity index (χ1) is 11.2. The third-order valence-corrected chi connectivity index (χ3v) is 4.05. The van der Waals surface area contributed by atoms with Crippen LogP contribution in [0.3, 0.4) is 0 Å². The molecule has 0 radical (unpaired) electrons. The lowest BCUT2D eigenvalue weighted by molar-refractivity contribution is -0.123. The standard InChI is InChI=1S/C17H15N3O3/c21-16(18-9-12-5-3-7-23-12)13-10-20-14-6-2-1-4-11(14)8-15(20)17(22)19-13/h1-8,13H,9-10H2,(H,18,21)(H,19,22)/t13-/m0/s1. The number of hydrogen-bond donors (Lipinski definition) is 2. The maximum atomic E-state index is 12.3. The van der Waals surface area contributed by atoms with Crippen LogP contribution in [0, 0.1) is 0 Å². The van der Waals surface area contributed by atoms with Crippen molar-refractivity contribution < 1.29 is 14.0 Å². The fourth-order valence-corrected chi connectivity index (χ4v) is 2.91. The lowest BCUT2D eigenvalue weighted by Gasteiger charge is -2.25. The number of aromatic nitrogens is 1. The summed E-state index contributed by atoms with van der Waals surface area (Å²) in [5.41, 5.74) is 1.54. The highest BCUT2D eigenvalue weighted by molar-refractivity contribution is 6.02. The normalized spacial score (nSPS) is 16.9. The number of benzene rings is 1. The van der Waals surface area contributed by atoms with Crippen molar-refractivity contribution in [3.8, 4) is 0 Å². The maximum Gasteiger partial charge on any atom is 0.268 e. The van der Waals surface area contributed by atoms with Crippen LogP contribution in [0.25, 0.3) is 10.9 Å². The van der Waals surface area contributed by atoms with E-state index in [0.29, 0.717) is 24.5 Å². The van der Waals surface area contributed by atoms with Crippen LogP contribution in [-0.4, -0.2) is 22.4 Å². The average Bonchev–Trinajstić information content (AvgIpc) is 3.20. The summed E-state index contributed by atoms with van der Waals surface area (Å²) >= 11 is 0. The third-order valence-electron chi connectivity index (χ3n) is 4.05. The highest BCUT2D eigenvalue weighted by Crippen LogP contribution is 2.22. The molecule has 0 fully saturated rings. The lowest BCUT2D eigenvalue weighted by Crippen LogP contribution is -2.52. The van der Waals surface area contributed by atoms with E-state index in [2.05, 4.69) is 10.6 Å². The van der Waals surface area contributed by atoms with Gasteiger partial charge in [0.25, 0.3) is 5.91 Å². The van der Waals surface area contributed by atoms with Gasteiger partial charge >= 0.3 is 0 Å². The molecule has 2 aromatic heterocycles. The first-order valence-corrected chi connectivity index (χ1v) is 7.41. The van der Waals surface area contributed by atoms with Crippen molar-refractivity contribution in [2.24, 2.45) is 0 Å². The molecule has 0 unspecified atom stereocenters.